The molecule has 0 bridgehead atoms. The van der Waals surface area contributed by atoms with Gasteiger partial charge in [-0.2, -0.15) is 0 Å². The van der Waals surface area contributed by atoms with Crippen LogP contribution in [0.4, 0.5) is 5.69 Å². The van der Waals surface area contributed by atoms with E-state index in [1.54, 1.807) is 0 Å². The molecule has 1 fully saturated rings. The second-order valence-corrected chi connectivity index (χ2v) is 10.8. The summed E-state index contributed by atoms with van der Waals surface area (Å²) in [5, 5.41) is 3.43. The van der Waals surface area contributed by atoms with Crippen molar-refractivity contribution in [1.82, 2.24) is 5.32 Å². The molecule has 2 aromatic carbocycles. The molecule has 6 rings (SSSR count). The minimum atomic E-state index is -0.558. The molecule has 0 aromatic heterocycles. The molecular formula is C31H34N2O6. The van der Waals surface area contributed by atoms with Gasteiger partial charge in [0.1, 0.15) is 6.61 Å². The maximum atomic E-state index is 13.9. The number of nitrogens with one attached hydrogen (secondary N) is 1. The molecule has 1 N–H and O–H groups in total. The molecule has 0 unspecified atom stereocenters. The number of benzene rings is 2. The van der Waals surface area contributed by atoms with Crippen LogP contribution in [-0.4, -0.2) is 52.0 Å². The Morgan fingerprint density at radius 1 is 1.05 bits per heavy atom. The molecule has 8 heteroatoms. The third-order valence-electron chi connectivity index (χ3n) is 8.08. The smallest absolute Gasteiger partial charge is 0.336 e. The summed E-state index contributed by atoms with van der Waals surface area (Å²) in [6.45, 7) is 2.92. The van der Waals surface area contributed by atoms with Crippen molar-refractivity contribution < 1.29 is 28.5 Å². The Balaban J connectivity index is 1.34. The van der Waals surface area contributed by atoms with E-state index in [0.29, 0.717) is 47.8 Å². The number of ether oxygens (including phenoxy) is 4. The lowest BCUT2D eigenvalue weighted by Gasteiger charge is -2.37. The minimum absolute atomic E-state index is 0.0324. The van der Waals surface area contributed by atoms with Crippen molar-refractivity contribution in [3.8, 4) is 11.5 Å². The molecule has 1 aliphatic carbocycles. The highest BCUT2D eigenvalue weighted by atomic mass is 16.7. The molecule has 0 saturated carbocycles. The van der Waals surface area contributed by atoms with E-state index in [2.05, 4.69) is 34.5 Å². The number of hydrogen-bond acceptors (Lipinski definition) is 8. The van der Waals surface area contributed by atoms with Crippen LogP contribution in [0.15, 0.2) is 65.0 Å². The quantitative estimate of drug-likeness (QED) is 0.544. The average Bonchev–Trinajstić information content (AvgIpc) is 3.62. The van der Waals surface area contributed by atoms with Gasteiger partial charge in [-0.1, -0.05) is 18.2 Å². The van der Waals surface area contributed by atoms with Crippen molar-refractivity contribution in [1.29, 1.82) is 0 Å². The van der Waals surface area contributed by atoms with Gasteiger partial charge in [-0.3, -0.25) is 4.79 Å². The third kappa shape index (κ3) is 4.89. The van der Waals surface area contributed by atoms with Crippen LogP contribution in [0.25, 0.3) is 0 Å². The molecule has 0 amide bonds. The molecule has 4 aliphatic rings. The predicted octanol–water partition coefficient (Wildman–Crippen LogP) is 4.57. The second-order valence-electron chi connectivity index (χ2n) is 10.8. The van der Waals surface area contributed by atoms with Gasteiger partial charge in [0, 0.05) is 55.7 Å². The molecule has 3 atom stereocenters. The Morgan fingerprint density at radius 3 is 2.56 bits per heavy atom. The molecule has 2 aromatic rings. The summed E-state index contributed by atoms with van der Waals surface area (Å²) >= 11 is 0. The number of ketones is 1. The van der Waals surface area contributed by atoms with E-state index in [1.165, 1.54) is 0 Å². The zero-order valence-corrected chi connectivity index (χ0v) is 22.6. The van der Waals surface area contributed by atoms with E-state index in [4.69, 9.17) is 18.9 Å². The zero-order valence-electron chi connectivity index (χ0n) is 22.6. The van der Waals surface area contributed by atoms with Crippen molar-refractivity contribution >= 4 is 17.4 Å². The number of rotatable bonds is 6. The van der Waals surface area contributed by atoms with Crippen molar-refractivity contribution in [2.24, 2.45) is 0 Å². The van der Waals surface area contributed by atoms with Crippen molar-refractivity contribution in [3.05, 3.63) is 76.1 Å². The number of esters is 1. The van der Waals surface area contributed by atoms with Crippen LogP contribution in [0.2, 0.25) is 0 Å². The highest BCUT2D eigenvalue weighted by molar-refractivity contribution is 6.04. The number of nitrogens with zero attached hydrogens (tertiary/aromatic N) is 1. The Kier molecular flexibility index (Phi) is 6.81. The van der Waals surface area contributed by atoms with Crippen LogP contribution in [0, 0.1) is 0 Å². The van der Waals surface area contributed by atoms with Crippen molar-refractivity contribution in [3.63, 3.8) is 0 Å². The summed E-state index contributed by atoms with van der Waals surface area (Å²) in [5.74, 6) is 0.362. The number of fused-ring (bicyclic) bond motifs is 1. The van der Waals surface area contributed by atoms with Gasteiger partial charge >= 0.3 is 5.97 Å². The van der Waals surface area contributed by atoms with Crippen molar-refractivity contribution in [2.75, 3.05) is 39.0 Å². The van der Waals surface area contributed by atoms with Gasteiger partial charge in [-0.25, -0.2) is 4.79 Å². The van der Waals surface area contributed by atoms with Gasteiger partial charge in [0.05, 0.1) is 11.7 Å². The van der Waals surface area contributed by atoms with E-state index in [0.717, 1.165) is 35.4 Å². The third-order valence-corrected chi connectivity index (χ3v) is 8.08. The maximum absolute atomic E-state index is 13.9. The van der Waals surface area contributed by atoms with Gasteiger partial charge in [-0.05, 0) is 67.5 Å². The SMILES string of the molecule is CC1=C(C(=O)OC[C@@H]2CCCO2)[C@H](c2ccc3c(c2)OCO3)C2=C(C[C@@H](c3ccc(N(C)C)cc3)CC2=O)N1. The summed E-state index contributed by atoms with van der Waals surface area (Å²) in [6.07, 6.45) is 2.81. The first-order valence-corrected chi connectivity index (χ1v) is 13.6. The van der Waals surface area contributed by atoms with Crippen LogP contribution in [-0.2, 0) is 19.1 Å². The van der Waals surface area contributed by atoms with Gasteiger partial charge < -0.3 is 29.2 Å². The lowest BCUT2D eigenvalue weighted by atomic mass is 9.71. The van der Waals surface area contributed by atoms with Crippen LogP contribution >= 0.6 is 0 Å². The minimum Gasteiger partial charge on any atom is -0.459 e. The van der Waals surface area contributed by atoms with E-state index in [-0.39, 0.29) is 31.2 Å². The molecular weight excluding hydrogens is 496 g/mol. The molecule has 3 aliphatic heterocycles. The van der Waals surface area contributed by atoms with Gasteiger partial charge in [-0.15, -0.1) is 0 Å². The standard InChI is InChI=1S/C31H34N2O6/c1-18-28(31(35)37-16-23-5-4-12-36-23)29(20-8-11-26-27(15-20)39-17-38-26)30-24(32-18)13-21(14-25(30)34)19-6-9-22(10-7-19)33(2)3/h6-11,15,21,23,29,32H,4-5,12-14,16-17H2,1-3H3/t21-,23+,29+/m1/s1. The number of anilines is 1. The number of carbonyl (C=O) groups is 2. The first-order chi connectivity index (χ1) is 18.9. The lowest BCUT2D eigenvalue weighted by molar-refractivity contribution is -0.142. The Hall–Kier alpha value is -3.78. The summed E-state index contributed by atoms with van der Waals surface area (Å²) in [5.41, 5.74) is 5.69. The van der Waals surface area contributed by atoms with Gasteiger partial charge in [0.2, 0.25) is 6.79 Å². The summed E-state index contributed by atoms with van der Waals surface area (Å²) < 4.78 is 22.6. The van der Waals surface area contributed by atoms with Crippen LogP contribution < -0.4 is 19.7 Å². The summed E-state index contributed by atoms with van der Waals surface area (Å²) in [6, 6.07) is 14.0. The van der Waals surface area contributed by atoms with Crippen LogP contribution in [0.1, 0.15) is 55.6 Å². The molecule has 0 radical (unpaired) electrons. The number of carbonyl (C=O) groups excluding carboxylic acids is 2. The van der Waals surface area contributed by atoms with Gasteiger partial charge in [0.25, 0.3) is 0 Å². The number of Topliss-reactive ketones (excluding diaryl/α,β-unsaturated/α-hetero) is 1. The first kappa shape index (κ1) is 25.5. The van der Waals surface area contributed by atoms with Crippen LogP contribution in [0.3, 0.4) is 0 Å². The summed E-state index contributed by atoms with van der Waals surface area (Å²) in [7, 11) is 4.02. The largest absolute Gasteiger partial charge is 0.459 e. The Bertz CT molecular complexity index is 1350. The van der Waals surface area contributed by atoms with E-state index < -0.39 is 11.9 Å². The Labute approximate surface area is 228 Å². The molecule has 204 valence electrons. The van der Waals surface area contributed by atoms with E-state index in [1.807, 2.05) is 39.2 Å². The highest BCUT2D eigenvalue weighted by Gasteiger charge is 2.42. The fourth-order valence-corrected chi connectivity index (χ4v) is 6.04. The fraction of sp³-hybridized carbons (Fsp3) is 0.419. The molecule has 39 heavy (non-hydrogen) atoms. The van der Waals surface area contributed by atoms with Crippen molar-refractivity contribution in [2.45, 2.75) is 50.5 Å². The first-order valence-electron chi connectivity index (χ1n) is 13.6. The number of dihydropyridines is 1. The number of hydrogen-bond donors (Lipinski definition) is 1. The molecule has 8 nitrogen and oxygen atoms in total. The highest BCUT2D eigenvalue weighted by Crippen LogP contribution is 2.47. The average molecular weight is 531 g/mol. The summed E-state index contributed by atoms with van der Waals surface area (Å²) in [4.78, 5) is 29.5. The lowest BCUT2D eigenvalue weighted by Crippen LogP contribution is -2.36. The molecule has 1 saturated heterocycles. The van der Waals surface area contributed by atoms with E-state index in [9.17, 15) is 9.59 Å². The maximum Gasteiger partial charge on any atom is 0.336 e. The predicted molar refractivity (Wildman–Crippen MR) is 146 cm³/mol. The monoisotopic (exact) mass is 530 g/mol. The van der Waals surface area contributed by atoms with E-state index >= 15 is 0 Å². The number of allylic oxidation sites excluding steroid dienone is 3. The normalized spacial score (nSPS) is 24.0. The zero-order chi connectivity index (χ0) is 27.1. The van der Waals surface area contributed by atoms with Gasteiger partial charge in [0.15, 0.2) is 17.3 Å². The fourth-order valence-electron chi connectivity index (χ4n) is 6.04. The molecule has 3 heterocycles. The Morgan fingerprint density at radius 2 is 1.82 bits per heavy atom. The second kappa shape index (κ2) is 10.4. The molecule has 0 spiro atoms. The topological polar surface area (TPSA) is 86.3 Å². The van der Waals surface area contributed by atoms with Crippen LogP contribution in [0.5, 0.6) is 11.5 Å².